The zero-order chi connectivity index (χ0) is 15.2. The average Bonchev–Trinajstić information content (AvgIpc) is 2.49. The summed E-state index contributed by atoms with van der Waals surface area (Å²) in [5.41, 5.74) is 0.344. The van der Waals surface area contributed by atoms with E-state index in [1.807, 2.05) is 6.92 Å². The number of carbonyl (C=O) groups is 1. The summed E-state index contributed by atoms with van der Waals surface area (Å²) in [6.45, 7) is 6.49. The smallest absolute Gasteiger partial charge is 0.271 e. The Morgan fingerprint density at radius 3 is 2.81 bits per heavy atom. The molecule has 2 rings (SSSR count). The molecule has 0 bridgehead atoms. The van der Waals surface area contributed by atoms with Gasteiger partial charge < -0.3 is 15.5 Å². The third-order valence-corrected chi connectivity index (χ3v) is 3.73. The Hall–Kier alpha value is -1.73. The first-order valence-electron chi connectivity index (χ1n) is 7.34. The quantitative estimate of drug-likeness (QED) is 0.788. The molecule has 21 heavy (non-hydrogen) atoms. The van der Waals surface area contributed by atoms with Crippen LogP contribution in [0.2, 0.25) is 0 Å². The van der Waals surface area contributed by atoms with Crippen LogP contribution in [0, 0.1) is 0 Å². The summed E-state index contributed by atoms with van der Waals surface area (Å²) >= 11 is 0. The third-order valence-electron chi connectivity index (χ3n) is 3.73. The zero-order valence-corrected chi connectivity index (χ0v) is 13.0. The summed E-state index contributed by atoms with van der Waals surface area (Å²) in [5, 5.41) is 14.0. The number of carbonyl (C=O) groups excluding carboxylic acids is 1. The molecule has 1 saturated heterocycles. The van der Waals surface area contributed by atoms with Gasteiger partial charge in [-0.15, -0.1) is 10.2 Å². The van der Waals surface area contributed by atoms with Crippen LogP contribution in [0.15, 0.2) is 12.1 Å². The van der Waals surface area contributed by atoms with Crippen molar-refractivity contribution >= 4 is 11.7 Å². The summed E-state index contributed by atoms with van der Waals surface area (Å²) in [7, 11) is 4.28. The fourth-order valence-corrected chi connectivity index (χ4v) is 2.34. The minimum atomic E-state index is -0.190. The summed E-state index contributed by atoms with van der Waals surface area (Å²) in [6.07, 6.45) is 0. The highest BCUT2D eigenvalue weighted by atomic mass is 16.1. The Morgan fingerprint density at radius 1 is 1.33 bits per heavy atom. The molecule has 0 aromatic carbocycles. The second kappa shape index (κ2) is 7.33. The predicted octanol–water partition coefficient (Wildman–Crippen LogP) is -0.116. The number of piperazine rings is 1. The molecule has 2 N–H and O–H groups in total. The van der Waals surface area contributed by atoms with E-state index in [1.54, 1.807) is 12.1 Å². The van der Waals surface area contributed by atoms with E-state index < -0.39 is 0 Å². The zero-order valence-electron chi connectivity index (χ0n) is 13.0. The second-order valence-corrected chi connectivity index (χ2v) is 5.44. The largest absolute Gasteiger partial charge is 0.367 e. The van der Waals surface area contributed by atoms with Crippen LogP contribution in [-0.4, -0.2) is 78.8 Å². The molecular formula is C14H24N6O. The average molecular weight is 292 g/mol. The van der Waals surface area contributed by atoms with Crippen molar-refractivity contribution in [3.8, 4) is 0 Å². The molecule has 7 nitrogen and oxygen atoms in total. The van der Waals surface area contributed by atoms with E-state index in [-0.39, 0.29) is 5.91 Å². The van der Waals surface area contributed by atoms with Crippen LogP contribution in [0.3, 0.4) is 0 Å². The highest BCUT2D eigenvalue weighted by Crippen LogP contribution is 2.08. The molecule has 1 amide bonds. The van der Waals surface area contributed by atoms with Gasteiger partial charge in [-0.3, -0.25) is 9.69 Å². The molecular weight excluding hydrogens is 268 g/mol. The summed E-state index contributed by atoms with van der Waals surface area (Å²) in [5.74, 6) is 0.509. The van der Waals surface area contributed by atoms with Crippen LogP contribution in [-0.2, 0) is 0 Å². The lowest BCUT2D eigenvalue weighted by Crippen LogP contribution is -2.52. The molecule has 1 aromatic heterocycles. The van der Waals surface area contributed by atoms with Gasteiger partial charge in [0, 0.05) is 38.8 Å². The standard InChI is InChI=1S/C14H24N6O/c1-4-15-14(21)12-5-6-13(18-17-12)16-9-11-10-19(2)7-8-20(11)3/h5-6,11H,4,7-10H2,1-3H3,(H,15,21)(H,16,18). The van der Waals surface area contributed by atoms with Crippen molar-refractivity contribution in [2.24, 2.45) is 0 Å². The molecule has 0 spiro atoms. The lowest BCUT2D eigenvalue weighted by molar-refractivity contribution is 0.0950. The Labute approximate surface area is 125 Å². The van der Waals surface area contributed by atoms with Crippen molar-refractivity contribution in [2.45, 2.75) is 13.0 Å². The van der Waals surface area contributed by atoms with E-state index in [0.29, 0.717) is 24.1 Å². The van der Waals surface area contributed by atoms with Gasteiger partial charge in [-0.1, -0.05) is 0 Å². The molecule has 0 saturated carbocycles. The molecule has 1 aromatic rings. The van der Waals surface area contributed by atoms with E-state index >= 15 is 0 Å². The summed E-state index contributed by atoms with van der Waals surface area (Å²) in [6, 6.07) is 3.94. The van der Waals surface area contributed by atoms with Crippen LogP contribution in [0.4, 0.5) is 5.82 Å². The Morgan fingerprint density at radius 2 is 2.14 bits per heavy atom. The highest BCUT2D eigenvalue weighted by Gasteiger charge is 2.21. The molecule has 0 radical (unpaired) electrons. The van der Waals surface area contributed by atoms with Crippen LogP contribution in [0.1, 0.15) is 17.4 Å². The van der Waals surface area contributed by atoms with Crippen molar-refractivity contribution in [3.63, 3.8) is 0 Å². The number of rotatable bonds is 5. The molecule has 1 aliphatic heterocycles. The van der Waals surface area contributed by atoms with Crippen LogP contribution in [0.5, 0.6) is 0 Å². The van der Waals surface area contributed by atoms with E-state index in [9.17, 15) is 4.79 Å². The number of nitrogens with one attached hydrogen (secondary N) is 2. The van der Waals surface area contributed by atoms with Gasteiger partial charge in [0.2, 0.25) is 0 Å². The Kier molecular flexibility index (Phi) is 5.46. The van der Waals surface area contributed by atoms with Crippen LogP contribution in [0.25, 0.3) is 0 Å². The maximum atomic E-state index is 11.6. The normalized spacial score (nSPS) is 20.2. The number of nitrogens with zero attached hydrogens (tertiary/aromatic N) is 4. The minimum absolute atomic E-state index is 0.190. The molecule has 7 heteroatoms. The lowest BCUT2D eigenvalue weighted by atomic mass is 10.2. The number of likely N-dealkylation sites (N-methyl/N-ethyl adjacent to an activating group) is 2. The van der Waals surface area contributed by atoms with Gasteiger partial charge in [0.15, 0.2) is 5.69 Å². The van der Waals surface area contributed by atoms with Gasteiger partial charge in [-0.25, -0.2) is 0 Å². The van der Waals surface area contributed by atoms with E-state index in [2.05, 4.69) is 44.7 Å². The van der Waals surface area contributed by atoms with Gasteiger partial charge in [-0.05, 0) is 33.2 Å². The first kappa shape index (κ1) is 15.7. The molecule has 1 atom stereocenters. The fourth-order valence-electron chi connectivity index (χ4n) is 2.34. The topological polar surface area (TPSA) is 73.4 Å². The third kappa shape index (κ3) is 4.37. The Balaban J connectivity index is 1.87. The van der Waals surface area contributed by atoms with Crippen molar-refractivity contribution < 1.29 is 4.79 Å². The monoisotopic (exact) mass is 292 g/mol. The first-order valence-corrected chi connectivity index (χ1v) is 7.34. The number of amides is 1. The minimum Gasteiger partial charge on any atom is -0.367 e. The number of hydrogen-bond acceptors (Lipinski definition) is 6. The molecule has 1 fully saturated rings. The van der Waals surface area contributed by atoms with Gasteiger partial charge >= 0.3 is 0 Å². The molecule has 1 aliphatic rings. The van der Waals surface area contributed by atoms with Crippen molar-refractivity contribution in [1.29, 1.82) is 0 Å². The van der Waals surface area contributed by atoms with Crippen LogP contribution >= 0.6 is 0 Å². The van der Waals surface area contributed by atoms with Gasteiger partial charge in [0.25, 0.3) is 5.91 Å². The van der Waals surface area contributed by atoms with Crippen molar-refractivity contribution in [2.75, 3.05) is 52.1 Å². The molecule has 0 aliphatic carbocycles. The fraction of sp³-hybridized carbons (Fsp3) is 0.643. The number of aromatic nitrogens is 2. The second-order valence-electron chi connectivity index (χ2n) is 5.44. The van der Waals surface area contributed by atoms with E-state index in [4.69, 9.17) is 0 Å². The van der Waals surface area contributed by atoms with Gasteiger partial charge in [-0.2, -0.15) is 0 Å². The van der Waals surface area contributed by atoms with Gasteiger partial charge in [0.05, 0.1) is 0 Å². The Bertz CT molecular complexity index is 463. The molecule has 2 heterocycles. The van der Waals surface area contributed by atoms with E-state index in [0.717, 1.165) is 26.2 Å². The molecule has 1 unspecified atom stereocenters. The van der Waals surface area contributed by atoms with Crippen LogP contribution < -0.4 is 10.6 Å². The number of anilines is 1. The maximum absolute atomic E-state index is 11.6. The lowest BCUT2D eigenvalue weighted by Gasteiger charge is -2.37. The summed E-state index contributed by atoms with van der Waals surface area (Å²) in [4.78, 5) is 16.3. The SMILES string of the molecule is CCNC(=O)c1ccc(NCC2CN(C)CCN2C)nn1. The maximum Gasteiger partial charge on any atom is 0.271 e. The predicted molar refractivity (Wildman–Crippen MR) is 82.4 cm³/mol. The first-order chi connectivity index (χ1) is 10.1. The summed E-state index contributed by atoms with van der Waals surface area (Å²) < 4.78 is 0. The molecule has 116 valence electrons. The van der Waals surface area contributed by atoms with Gasteiger partial charge in [0.1, 0.15) is 5.82 Å². The number of hydrogen-bond donors (Lipinski definition) is 2. The van der Waals surface area contributed by atoms with Crippen molar-refractivity contribution in [1.82, 2.24) is 25.3 Å². The van der Waals surface area contributed by atoms with E-state index in [1.165, 1.54) is 0 Å². The highest BCUT2D eigenvalue weighted by molar-refractivity contribution is 5.92. The van der Waals surface area contributed by atoms with Crippen molar-refractivity contribution in [3.05, 3.63) is 17.8 Å².